The molecule has 2 aromatic rings. The standard InChI is InChI=1S/C17H19FN2O/c1-2-8-20-17(13-7-9-19-10-15(13)18)14-11-21-16-6-4-3-5-12(14)16/h3-7,9-10,14,17,20H,2,8,11H2,1H3. The number of rotatable bonds is 5. The van der Waals surface area contributed by atoms with Gasteiger partial charge in [0.15, 0.2) is 0 Å². The Morgan fingerprint density at radius 2 is 2.24 bits per heavy atom. The molecule has 3 rings (SSSR count). The minimum Gasteiger partial charge on any atom is -0.493 e. The van der Waals surface area contributed by atoms with Crippen LogP contribution >= 0.6 is 0 Å². The van der Waals surface area contributed by atoms with E-state index in [2.05, 4.69) is 23.3 Å². The van der Waals surface area contributed by atoms with E-state index in [1.165, 1.54) is 6.20 Å². The van der Waals surface area contributed by atoms with Crippen LogP contribution in [0.3, 0.4) is 0 Å². The van der Waals surface area contributed by atoms with Gasteiger partial charge in [0.05, 0.1) is 12.8 Å². The normalized spacial score (nSPS) is 18.1. The summed E-state index contributed by atoms with van der Waals surface area (Å²) in [6, 6.07) is 9.64. The van der Waals surface area contributed by atoms with Crippen LogP contribution in [-0.2, 0) is 0 Å². The van der Waals surface area contributed by atoms with Gasteiger partial charge in [0, 0.05) is 29.3 Å². The van der Waals surface area contributed by atoms with Gasteiger partial charge >= 0.3 is 0 Å². The van der Waals surface area contributed by atoms with Gasteiger partial charge in [-0.3, -0.25) is 4.98 Å². The minimum absolute atomic E-state index is 0.100. The Labute approximate surface area is 124 Å². The molecule has 1 aromatic heterocycles. The second-order valence-corrected chi connectivity index (χ2v) is 5.28. The van der Waals surface area contributed by atoms with E-state index in [-0.39, 0.29) is 17.8 Å². The van der Waals surface area contributed by atoms with E-state index < -0.39 is 0 Å². The molecule has 1 aliphatic rings. The van der Waals surface area contributed by atoms with Crippen LogP contribution < -0.4 is 10.1 Å². The molecule has 0 radical (unpaired) electrons. The van der Waals surface area contributed by atoms with Crippen LogP contribution in [0.15, 0.2) is 42.7 Å². The number of benzene rings is 1. The highest BCUT2D eigenvalue weighted by Gasteiger charge is 2.33. The summed E-state index contributed by atoms with van der Waals surface area (Å²) < 4.78 is 19.9. The third kappa shape index (κ3) is 2.76. The van der Waals surface area contributed by atoms with Crippen molar-refractivity contribution >= 4 is 0 Å². The Hall–Kier alpha value is -1.94. The molecule has 1 aliphatic heterocycles. The average molecular weight is 286 g/mol. The lowest BCUT2D eigenvalue weighted by atomic mass is 9.88. The van der Waals surface area contributed by atoms with Gasteiger partial charge in [0.2, 0.25) is 0 Å². The Bertz CT molecular complexity index is 617. The molecule has 2 unspecified atom stereocenters. The van der Waals surface area contributed by atoms with Crippen molar-refractivity contribution in [1.82, 2.24) is 10.3 Å². The van der Waals surface area contributed by atoms with Gasteiger partial charge < -0.3 is 10.1 Å². The average Bonchev–Trinajstić information content (AvgIpc) is 2.93. The zero-order valence-corrected chi connectivity index (χ0v) is 12.1. The van der Waals surface area contributed by atoms with Gasteiger partial charge in [-0.2, -0.15) is 0 Å². The summed E-state index contributed by atoms with van der Waals surface area (Å²) in [5.74, 6) is 0.750. The van der Waals surface area contributed by atoms with E-state index in [0.29, 0.717) is 12.2 Å². The monoisotopic (exact) mass is 286 g/mol. The molecule has 3 nitrogen and oxygen atoms in total. The topological polar surface area (TPSA) is 34.2 Å². The van der Waals surface area contributed by atoms with Crippen molar-refractivity contribution in [3.05, 3.63) is 59.7 Å². The zero-order chi connectivity index (χ0) is 14.7. The summed E-state index contributed by atoms with van der Waals surface area (Å²) in [5, 5.41) is 3.46. The number of aromatic nitrogens is 1. The number of para-hydroxylation sites is 1. The molecule has 0 aliphatic carbocycles. The summed E-state index contributed by atoms with van der Waals surface area (Å²) in [7, 11) is 0. The largest absolute Gasteiger partial charge is 0.493 e. The maximum atomic E-state index is 14.2. The number of nitrogens with one attached hydrogen (secondary N) is 1. The number of hydrogen-bond donors (Lipinski definition) is 1. The molecular formula is C17H19FN2O. The third-order valence-electron chi connectivity index (χ3n) is 3.89. The van der Waals surface area contributed by atoms with Crippen molar-refractivity contribution in [3.8, 4) is 5.75 Å². The third-order valence-corrected chi connectivity index (χ3v) is 3.89. The van der Waals surface area contributed by atoms with Crippen LogP contribution in [0.4, 0.5) is 4.39 Å². The predicted octanol–water partition coefficient (Wildman–Crippen LogP) is 3.44. The Morgan fingerprint density at radius 3 is 3.05 bits per heavy atom. The number of ether oxygens (including phenoxy) is 1. The quantitative estimate of drug-likeness (QED) is 0.914. The van der Waals surface area contributed by atoms with Crippen LogP contribution in [0.5, 0.6) is 5.75 Å². The maximum Gasteiger partial charge on any atom is 0.146 e. The fourth-order valence-electron chi connectivity index (χ4n) is 2.87. The van der Waals surface area contributed by atoms with Gasteiger partial charge in [-0.15, -0.1) is 0 Å². The summed E-state index contributed by atoms with van der Waals surface area (Å²) in [6.07, 6.45) is 3.91. The molecule has 0 spiro atoms. The number of nitrogens with zero attached hydrogens (tertiary/aromatic N) is 1. The summed E-state index contributed by atoms with van der Waals surface area (Å²) >= 11 is 0. The Morgan fingerprint density at radius 1 is 1.38 bits per heavy atom. The van der Waals surface area contributed by atoms with Crippen LogP contribution in [-0.4, -0.2) is 18.1 Å². The second kappa shape index (κ2) is 6.22. The van der Waals surface area contributed by atoms with E-state index in [0.717, 1.165) is 24.3 Å². The van der Waals surface area contributed by atoms with Crippen molar-refractivity contribution in [2.75, 3.05) is 13.2 Å². The minimum atomic E-state index is -0.268. The van der Waals surface area contributed by atoms with Crippen molar-refractivity contribution in [3.63, 3.8) is 0 Å². The molecule has 4 heteroatoms. The Balaban J connectivity index is 1.96. The molecule has 0 saturated carbocycles. The first-order chi connectivity index (χ1) is 10.3. The first-order valence-electron chi connectivity index (χ1n) is 7.35. The maximum absolute atomic E-state index is 14.2. The SMILES string of the molecule is CCCNC(c1ccncc1F)C1COc2ccccc21. The summed E-state index contributed by atoms with van der Waals surface area (Å²) in [6.45, 7) is 3.51. The summed E-state index contributed by atoms with van der Waals surface area (Å²) in [5.41, 5.74) is 1.80. The van der Waals surface area contributed by atoms with Crippen molar-refractivity contribution < 1.29 is 9.13 Å². The lowest BCUT2D eigenvalue weighted by Gasteiger charge is -2.25. The van der Waals surface area contributed by atoms with Crippen LogP contribution in [0.25, 0.3) is 0 Å². The van der Waals surface area contributed by atoms with Crippen molar-refractivity contribution in [2.24, 2.45) is 0 Å². The molecule has 1 aromatic carbocycles. The van der Waals surface area contributed by atoms with Gasteiger partial charge in [0.1, 0.15) is 11.6 Å². The highest BCUT2D eigenvalue weighted by Crippen LogP contribution is 2.41. The molecule has 0 amide bonds. The van der Waals surface area contributed by atoms with Crippen LogP contribution in [0.2, 0.25) is 0 Å². The molecule has 0 bridgehead atoms. The molecule has 1 N–H and O–H groups in total. The highest BCUT2D eigenvalue weighted by atomic mass is 19.1. The Kier molecular flexibility index (Phi) is 4.15. The number of pyridine rings is 1. The van der Waals surface area contributed by atoms with Gasteiger partial charge in [-0.1, -0.05) is 25.1 Å². The van der Waals surface area contributed by atoms with Crippen LogP contribution in [0, 0.1) is 5.82 Å². The molecule has 0 fully saturated rings. The summed E-state index contributed by atoms with van der Waals surface area (Å²) in [4.78, 5) is 3.84. The van der Waals surface area contributed by atoms with Crippen LogP contribution in [0.1, 0.15) is 36.4 Å². The predicted molar refractivity (Wildman–Crippen MR) is 79.9 cm³/mol. The van der Waals surface area contributed by atoms with E-state index in [9.17, 15) is 4.39 Å². The highest BCUT2D eigenvalue weighted by molar-refractivity contribution is 5.42. The first-order valence-corrected chi connectivity index (χ1v) is 7.35. The zero-order valence-electron chi connectivity index (χ0n) is 12.1. The van der Waals surface area contributed by atoms with E-state index in [1.807, 2.05) is 18.2 Å². The van der Waals surface area contributed by atoms with E-state index in [4.69, 9.17) is 4.74 Å². The molecule has 110 valence electrons. The second-order valence-electron chi connectivity index (χ2n) is 5.28. The first kappa shape index (κ1) is 14.0. The number of hydrogen-bond acceptors (Lipinski definition) is 3. The number of halogens is 1. The molecule has 2 heterocycles. The molecule has 0 saturated heterocycles. The lowest BCUT2D eigenvalue weighted by Crippen LogP contribution is -2.29. The fourth-order valence-corrected chi connectivity index (χ4v) is 2.87. The molecule has 2 atom stereocenters. The van der Waals surface area contributed by atoms with E-state index in [1.54, 1.807) is 12.3 Å². The number of fused-ring (bicyclic) bond motifs is 1. The molecule has 21 heavy (non-hydrogen) atoms. The smallest absolute Gasteiger partial charge is 0.146 e. The fraction of sp³-hybridized carbons (Fsp3) is 0.353. The van der Waals surface area contributed by atoms with Crippen molar-refractivity contribution in [1.29, 1.82) is 0 Å². The van der Waals surface area contributed by atoms with Gasteiger partial charge in [0.25, 0.3) is 0 Å². The van der Waals surface area contributed by atoms with Gasteiger partial charge in [-0.25, -0.2) is 4.39 Å². The molecular weight excluding hydrogens is 267 g/mol. The van der Waals surface area contributed by atoms with Gasteiger partial charge in [-0.05, 0) is 25.1 Å². The lowest BCUT2D eigenvalue weighted by molar-refractivity contribution is 0.297. The van der Waals surface area contributed by atoms with E-state index >= 15 is 0 Å². The van der Waals surface area contributed by atoms with Crippen molar-refractivity contribution in [2.45, 2.75) is 25.3 Å².